The predicted octanol–water partition coefficient (Wildman–Crippen LogP) is 1.56. The fraction of sp³-hybridized carbons (Fsp3) is 0.235. The first-order chi connectivity index (χ1) is 11.4. The molecule has 0 saturated heterocycles. The van der Waals surface area contributed by atoms with Crippen LogP contribution in [0.3, 0.4) is 0 Å². The van der Waals surface area contributed by atoms with Crippen LogP contribution >= 0.6 is 0 Å². The molecule has 0 aliphatic carbocycles. The average Bonchev–Trinajstić information content (AvgIpc) is 2.60. The van der Waals surface area contributed by atoms with Crippen LogP contribution in [0.2, 0.25) is 0 Å². The second-order valence-corrected chi connectivity index (χ2v) is 4.58. The summed E-state index contributed by atoms with van der Waals surface area (Å²) in [6, 6.07) is 7.04. The molecule has 0 aliphatic heterocycles. The smallest absolute Gasteiger partial charge is 0.356 e. The van der Waals surface area contributed by atoms with E-state index in [1.807, 2.05) is 19.1 Å². The normalized spacial score (nSPS) is 11.5. The van der Waals surface area contributed by atoms with Crippen molar-refractivity contribution in [3.8, 4) is 0 Å². The summed E-state index contributed by atoms with van der Waals surface area (Å²) in [6.45, 7) is 1.91. The lowest BCUT2D eigenvalue weighted by molar-refractivity contribution is -0.138. The number of esters is 3. The van der Waals surface area contributed by atoms with Crippen molar-refractivity contribution in [3.63, 3.8) is 0 Å². The molecular weight excluding hydrogens is 314 g/mol. The number of methoxy groups -OCH3 is 3. The number of carbonyl (C=O) groups is 3. The second kappa shape index (κ2) is 9.14. The van der Waals surface area contributed by atoms with Crippen LogP contribution in [0.5, 0.6) is 0 Å². The number of hydrogen-bond donors (Lipinski definition) is 0. The summed E-state index contributed by atoms with van der Waals surface area (Å²) in [5.41, 5.74) is 1.15. The van der Waals surface area contributed by atoms with Gasteiger partial charge >= 0.3 is 17.9 Å². The number of carbonyl (C=O) groups excluding carboxylic acids is 3. The molecule has 1 rings (SSSR count). The number of hydrogen-bond acceptors (Lipinski definition) is 6. The summed E-state index contributed by atoms with van der Waals surface area (Å²) in [6.07, 6.45) is 2.01. The quantitative estimate of drug-likeness (QED) is 0.340. The molecule has 0 unspecified atom stereocenters. The first-order valence-corrected chi connectivity index (χ1v) is 6.87. The van der Waals surface area contributed by atoms with Crippen LogP contribution in [-0.2, 0) is 28.6 Å². The summed E-state index contributed by atoms with van der Waals surface area (Å²) < 4.78 is 13.7. The van der Waals surface area contributed by atoms with Gasteiger partial charge in [0.15, 0.2) is 0 Å². The van der Waals surface area contributed by atoms with Crippen molar-refractivity contribution in [3.05, 3.63) is 53.3 Å². The van der Waals surface area contributed by atoms with Crippen LogP contribution in [0.25, 0.3) is 0 Å². The van der Waals surface area contributed by atoms with E-state index in [9.17, 15) is 14.4 Å². The molecule has 0 atom stereocenters. The van der Waals surface area contributed by atoms with Gasteiger partial charge in [0.2, 0.25) is 0 Å². The van der Waals surface area contributed by atoms with Crippen molar-refractivity contribution in [1.29, 1.82) is 0 Å². The minimum atomic E-state index is -0.819. The Morgan fingerprint density at radius 2 is 1.46 bits per heavy atom. The SMILES string of the molecule is COC(=O)/C=C(/C=C(\[N]c1ccc(C)cc1)C(=O)OC)C(=O)OC. The molecule has 0 N–H and O–H groups in total. The summed E-state index contributed by atoms with van der Waals surface area (Å²) in [4.78, 5) is 35.1. The van der Waals surface area contributed by atoms with Crippen molar-refractivity contribution in [2.75, 3.05) is 21.3 Å². The maximum Gasteiger partial charge on any atom is 0.356 e. The van der Waals surface area contributed by atoms with Crippen LogP contribution in [0.4, 0.5) is 5.69 Å². The summed E-state index contributed by atoms with van der Waals surface area (Å²) in [5, 5.41) is 4.15. The zero-order valence-electron chi connectivity index (χ0n) is 13.9. The Labute approximate surface area is 139 Å². The summed E-state index contributed by atoms with van der Waals surface area (Å²) in [7, 11) is 3.49. The van der Waals surface area contributed by atoms with E-state index in [-0.39, 0.29) is 11.3 Å². The number of nitrogens with zero attached hydrogens (tertiary/aromatic N) is 1. The second-order valence-electron chi connectivity index (χ2n) is 4.58. The molecule has 1 aromatic rings. The van der Waals surface area contributed by atoms with Gasteiger partial charge in [-0.1, -0.05) is 17.7 Å². The van der Waals surface area contributed by atoms with E-state index < -0.39 is 17.9 Å². The van der Waals surface area contributed by atoms with Crippen LogP contribution < -0.4 is 5.32 Å². The van der Waals surface area contributed by atoms with Gasteiger partial charge in [-0.15, -0.1) is 0 Å². The third kappa shape index (κ3) is 5.60. The molecule has 0 bridgehead atoms. The molecule has 0 heterocycles. The third-order valence-electron chi connectivity index (χ3n) is 2.87. The highest BCUT2D eigenvalue weighted by Crippen LogP contribution is 2.15. The maximum atomic E-state index is 11.9. The number of ether oxygens (including phenoxy) is 3. The fourth-order valence-electron chi connectivity index (χ4n) is 1.61. The van der Waals surface area contributed by atoms with Crippen molar-refractivity contribution in [2.45, 2.75) is 6.92 Å². The van der Waals surface area contributed by atoms with Crippen LogP contribution in [0, 0.1) is 6.92 Å². The van der Waals surface area contributed by atoms with Crippen LogP contribution in [0.1, 0.15) is 5.56 Å². The summed E-state index contributed by atoms with van der Waals surface area (Å²) >= 11 is 0. The molecule has 1 radical (unpaired) electrons. The van der Waals surface area contributed by atoms with Crippen molar-refractivity contribution in [2.24, 2.45) is 0 Å². The average molecular weight is 332 g/mol. The molecule has 0 saturated carbocycles. The Kier molecular flexibility index (Phi) is 7.22. The highest BCUT2D eigenvalue weighted by Gasteiger charge is 2.17. The van der Waals surface area contributed by atoms with Crippen molar-refractivity contribution in [1.82, 2.24) is 5.32 Å². The molecule has 0 aromatic heterocycles. The first-order valence-electron chi connectivity index (χ1n) is 6.87. The van der Waals surface area contributed by atoms with E-state index in [0.29, 0.717) is 5.69 Å². The first kappa shape index (κ1) is 19.0. The van der Waals surface area contributed by atoms with Gasteiger partial charge in [-0.05, 0) is 25.1 Å². The fourth-order valence-corrected chi connectivity index (χ4v) is 1.61. The van der Waals surface area contributed by atoms with Gasteiger partial charge in [0.05, 0.1) is 32.6 Å². The lowest BCUT2D eigenvalue weighted by Gasteiger charge is -2.08. The zero-order valence-corrected chi connectivity index (χ0v) is 13.9. The van der Waals surface area contributed by atoms with Crippen molar-refractivity contribution < 1.29 is 28.6 Å². The monoisotopic (exact) mass is 332 g/mol. The largest absolute Gasteiger partial charge is 0.466 e. The Hall–Kier alpha value is -3.09. The molecule has 7 heteroatoms. The van der Waals surface area contributed by atoms with Crippen molar-refractivity contribution >= 4 is 23.6 Å². The van der Waals surface area contributed by atoms with Gasteiger partial charge in [0.25, 0.3) is 0 Å². The van der Waals surface area contributed by atoms with Gasteiger partial charge in [0, 0.05) is 6.08 Å². The predicted molar refractivity (Wildman–Crippen MR) is 85.2 cm³/mol. The number of benzene rings is 1. The van der Waals surface area contributed by atoms with Gasteiger partial charge < -0.3 is 14.2 Å². The minimum Gasteiger partial charge on any atom is -0.466 e. The topological polar surface area (TPSA) is 93.0 Å². The third-order valence-corrected chi connectivity index (χ3v) is 2.87. The lowest BCUT2D eigenvalue weighted by Crippen LogP contribution is -2.15. The number of aryl methyl sites for hydroxylation is 1. The van der Waals surface area contributed by atoms with E-state index in [4.69, 9.17) is 0 Å². The molecule has 1 aromatic carbocycles. The summed E-state index contributed by atoms with van der Waals surface area (Å²) in [5.74, 6) is -2.36. The Morgan fingerprint density at radius 1 is 0.875 bits per heavy atom. The number of rotatable bonds is 6. The van der Waals surface area contributed by atoms with E-state index in [1.54, 1.807) is 12.1 Å². The van der Waals surface area contributed by atoms with Gasteiger partial charge in [-0.3, -0.25) is 0 Å². The Bertz CT molecular complexity index is 673. The Morgan fingerprint density at radius 3 is 1.96 bits per heavy atom. The highest BCUT2D eigenvalue weighted by molar-refractivity contribution is 6.01. The minimum absolute atomic E-state index is 0.165. The van der Waals surface area contributed by atoms with E-state index >= 15 is 0 Å². The molecule has 0 amide bonds. The molecule has 0 aliphatic rings. The Balaban J connectivity index is 3.24. The van der Waals surface area contributed by atoms with E-state index in [1.165, 1.54) is 7.11 Å². The lowest BCUT2D eigenvalue weighted by atomic mass is 10.2. The molecule has 127 valence electrons. The zero-order chi connectivity index (χ0) is 18.1. The van der Waals surface area contributed by atoms with Gasteiger partial charge in [-0.2, -0.15) is 0 Å². The van der Waals surface area contributed by atoms with Gasteiger partial charge in [0.1, 0.15) is 5.70 Å². The molecule has 0 spiro atoms. The van der Waals surface area contributed by atoms with Gasteiger partial charge in [-0.25, -0.2) is 19.7 Å². The molecular formula is C17H18NO6. The standard InChI is InChI=1S/C17H18NO6/c1-11-5-7-13(8-6-11)18-14(17(21)24-4)9-12(16(20)23-3)10-15(19)22-2/h5-10H,1-4H3/b12-10-,14-9-. The molecule has 24 heavy (non-hydrogen) atoms. The van der Waals surface area contributed by atoms with Crippen LogP contribution in [-0.4, -0.2) is 39.2 Å². The van der Waals surface area contributed by atoms with E-state index in [2.05, 4.69) is 19.5 Å². The highest BCUT2D eigenvalue weighted by atomic mass is 16.5. The van der Waals surface area contributed by atoms with E-state index in [0.717, 1.165) is 31.9 Å². The molecule has 7 nitrogen and oxygen atoms in total. The maximum absolute atomic E-state index is 11.9. The molecule has 0 fully saturated rings. The van der Waals surface area contributed by atoms with Crippen LogP contribution in [0.15, 0.2) is 47.7 Å².